The quantitative estimate of drug-likeness (QED) is 0.562. The number of aromatic nitrogens is 7. The van der Waals surface area contributed by atoms with Crippen molar-refractivity contribution >= 4 is 11.6 Å². The molecule has 1 fully saturated rings. The van der Waals surface area contributed by atoms with Gasteiger partial charge in [0.25, 0.3) is 5.56 Å². The molecule has 0 amide bonds. The minimum Gasteiger partial charge on any atom is -0.351 e. The Morgan fingerprint density at radius 3 is 2.60 bits per heavy atom. The van der Waals surface area contributed by atoms with Crippen LogP contribution < -0.4 is 10.9 Å². The number of nitrogens with zero attached hydrogens (tertiary/aromatic N) is 7. The highest BCUT2D eigenvalue weighted by Gasteiger charge is 2.25. The van der Waals surface area contributed by atoms with Gasteiger partial charge in [0.15, 0.2) is 11.5 Å². The van der Waals surface area contributed by atoms with Crippen LogP contribution >= 0.6 is 0 Å². The Morgan fingerprint density at radius 2 is 1.83 bits per heavy atom. The summed E-state index contributed by atoms with van der Waals surface area (Å²) in [5, 5.41) is 21.1. The van der Waals surface area contributed by atoms with Crippen LogP contribution in [0.2, 0.25) is 0 Å². The third-order valence-corrected chi connectivity index (χ3v) is 5.73. The van der Waals surface area contributed by atoms with Crippen molar-refractivity contribution in [1.29, 1.82) is 0 Å². The number of pyridine rings is 1. The molecule has 1 saturated carbocycles. The maximum Gasteiger partial charge on any atom is 0.267 e. The van der Waals surface area contributed by atoms with Gasteiger partial charge in [0, 0.05) is 24.0 Å². The minimum absolute atomic E-state index is 0.0693. The predicted octanol–water partition coefficient (Wildman–Crippen LogP) is 2.68. The van der Waals surface area contributed by atoms with Crippen LogP contribution in [0.5, 0.6) is 0 Å². The lowest BCUT2D eigenvalue weighted by Gasteiger charge is -2.29. The fraction of sp³-hybridized carbons (Fsp3) is 0.381. The summed E-state index contributed by atoms with van der Waals surface area (Å²) in [5.41, 5.74) is 2.68. The molecule has 4 aromatic heterocycles. The topological polar surface area (TPSA) is 94.9 Å². The summed E-state index contributed by atoms with van der Waals surface area (Å²) in [6.45, 7) is 3.94. The number of hydrogen-bond donors (Lipinski definition) is 1. The van der Waals surface area contributed by atoms with E-state index in [1.807, 2.05) is 48.7 Å². The van der Waals surface area contributed by atoms with Gasteiger partial charge < -0.3 is 5.32 Å². The van der Waals surface area contributed by atoms with E-state index in [0.29, 0.717) is 11.9 Å². The van der Waals surface area contributed by atoms with Crippen molar-refractivity contribution in [2.75, 3.05) is 5.32 Å². The van der Waals surface area contributed by atoms with Crippen LogP contribution in [-0.2, 0) is 0 Å². The Bertz CT molecular complexity index is 1250. The second-order valence-corrected chi connectivity index (χ2v) is 7.92. The maximum absolute atomic E-state index is 12.5. The molecule has 30 heavy (non-hydrogen) atoms. The van der Waals surface area contributed by atoms with Gasteiger partial charge in [-0.3, -0.25) is 9.20 Å². The Balaban J connectivity index is 1.31. The van der Waals surface area contributed by atoms with Crippen molar-refractivity contribution in [3.63, 3.8) is 0 Å². The van der Waals surface area contributed by atoms with Crippen molar-refractivity contribution in [3.05, 3.63) is 64.3 Å². The SMILES string of the molecule is Cc1cc(C)n(-c2ccc(=O)n(C3CCC(Nc4nnc5ccccn45)CC3)n2)n1. The van der Waals surface area contributed by atoms with E-state index in [2.05, 4.69) is 25.7 Å². The molecule has 0 spiro atoms. The summed E-state index contributed by atoms with van der Waals surface area (Å²) in [7, 11) is 0. The monoisotopic (exact) mass is 404 g/mol. The summed E-state index contributed by atoms with van der Waals surface area (Å²) >= 11 is 0. The molecule has 5 rings (SSSR count). The molecule has 4 aromatic rings. The van der Waals surface area contributed by atoms with Crippen LogP contribution in [0.25, 0.3) is 11.5 Å². The van der Waals surface area contributed by atoms with Crippen molar-refractivity contribution < 1.29 is 0 Å². The molecular formula is C21H24N8O. The Kier molecular flexibility index (Phi) is 4.57. The van der Waals surface area contributed by atoms with Gasteiger partial charge in [0.1, 0.15) is 0 Å². The summed E-state index contributed by atoms with van der Waals surface area (Å²) in [4.78, 5) is 12.5. The van der Waals surface area contributed by atoms with E-state index in [9.17, 15) is 4.79 Å². The molecule has 1 aliphatic rings. The molecular weight excluding hydrogens is 380 g/mol. The molecule has 1 aliphatic carbocycles. The smallest absolute Gasteiger partial charge is 0.267 e. The fourth-order valence-electron chi connectivity index (χ4n) is 4.24. The summed E-state index contributed by atoms with van der Waals surface area (Å²) in [6, 6.07) is 11.6. The standard InChI is InChI=1S/C21H24N8O/c1-14-13-15(2)28(25-14)19-10-11-20(30)29(26-19)17-8-6-16(7-9-17)22-21-24-23-18-5-3-4-12-27(18)21/h3-5,10-13,16-17H,6-9H2,1-2H3,(H,22,24). The normalized spacial score (nSPS) is 19.3. The molecule has 9 nitrogen and oxygen atoms in total. The third-order valence-electron chi connectivity index (χ3n) is 5.73. The lowest BCUT2D eigenvalue weighted by Crippen LogP contribution is -2.34. The number of fused-ring (bicyclic) bond motifs is 1. The van der Waals surface area contributed by atoms with Crippen molar-refractivity contribution in [1.82, 2.24) is 34.2 Å². The zero-order valence-corrected chi connectivity index (χ0v) is 17.1. The summed E-state index contributed by atoms with van der Waals surface area (Å²) in [6.07, 6.45) is 5.58. The highest BCUT2D eigenvalue weighted by molar-refractivity contribution is 5.45. The van der Waals surface area contributed by atoms with E-state index in [0.717, 1.165) is 48.7 Å². The second-order valence-electron chi connectivity index (χ2n) is 7.92. The first-order chi connectivity index (χ1) is 14.6. The van der Waals surface area contributed by atoms with Gasteiger partial charge in [-0.1, -0.05) is 6.07 Å². The van der Waals surface area contributed by atoms with Crippen molar-refractivity contribution in [2.45, 2.75) is 51.6 Å². The lowest BCUT2D eigenvalue weighted by atomic mass is 9.91. The Morgan fingerprint density at radius 1 is 1.00 bits per heavy atom. The van der Waals surface area contributed by atoms with Gasteiger partial charge in [0.05, 0.1) is 11.7 Å². The Labute approximate surface area is 173 Å². The molecule has 4 heterocycles. The molecule has 0 aromatic carbocycles. The van der Waals surface area contributed by atoms with Gasteiger partial charge in [-0.2, -0.15) is 5.10 Å². The van der Waals surface area contributed by atoms with E-state index in [4.69, 9.17) is 0 Å². The molecule has 1 N–H and O–H groups in total. The third kappa shape index (κ3) is 3.36. The van der Waals surface area contributed by atoms with Crippen LogP contribution in [0.1, 0.15) is 43.1 Å². The fourth-order valence-corrected chi connectivity index (χ4v) is 4.24. The zero-order valence-electron chi connectivity index (χ0n) is 17.1. The number of rotatable bonds is 4. The number of aryl methyl sites for hydroxylation is 2. The maximum atomic E-state index is 12.5. The molecule has 0 atom stereocenters. The van der Waals surface area contributed by atoms with E-state index in [-0.39, 0.29) is 11.6 Å². The van der Waals surface area contributed by atoms with Crippen LogP contribution in [0, 0.1) is 13.8 Å². The van der Waals surface area contributed by atoms with Crippen LogP contribution in [0.4, 0.5) is 5.95 Å². The zero-order chi connectivity index (χ0) is 20.7. The molecule has 154 valence electrons. The highest BCUT2D eigenvalue weighted by Crippen LogP contribution is 2.29. The molecule has 9 heteroatoms. The largest absolute Gasteiger partial charge is 0.351 e. The van der Waals surface area contributed by atoms with E-state index in [1.165, 1.54) is 0 Å². The molecule has 0 radical (unpaired) electrons. The van der Waals surface area contributed by atoms with Gasteiger partial charge in [0.2, 0.25) is 5.95 Å². The van der Waals surface area contributed by atoms with Crippen LogP contribution in [0.3, 0.4) is 0 Å². The number of hydrogen-bond acceptors (Lipinski definition) is 6. The van der Waals surface area contributed by atoms with Gasteiger partial charge in [-0.05, 0) is 63.8 Å². The summed E-state index contributed by atoms with van der Waals surface area (Å²) in [5.74, 6) is 1.44. The summed E-state index contributed by atoms with van der Waals surface area (Å²) < 4.78 is 5.37. The first-order valence-corrected chi connectivity index (χ1v) is 10.3. The van der Waals surface area contributed by atoms with E-state index >= 15 is 0 Å². The molecule has 0 unspecified atom stereocenters. The molecule has 0 saturated heterocycles. The van der Waals surface area contributed by atoms with Crippen molar-refractivity contribution in [3.8, 4) is 5.82 Å². The average Bonchev–Trinajstić information content (AvgIpc) is 3.31. The minimum atomic E-state index is -0.0693. The first-order valence-electron chi connectivity index (χ1n) is 10.3. The predicted molar refractivity (Wildman–Crippen MR) is 113 cm³/mol. The second kappa shape index (κ2) is 7.40. The van der Waals surface area contributed by atoms with Gasteiger partial charge in [-0.25, -0.2) is 9.36 Å². The molecule has 0 aliphatic heterocycles. The van der Waals surface area contributed by atoms with Crippen LogP contribution in [-0.4, -0.2) is 40.2 Å². The van der Waals surface area contributed by atoms with E-state index in [1.54, 1.807) is 21.5 Å². The Hall–Kier alpha value is -3.49. The molecule has 0 bridgehead atoms. The van der Waals surface area contributed by atoms with Gasteiger partial charge >= 0.3 is 0 Å². The van der Waals surface area contributed by atoms with Gasteiger partial charge in [-0.15, -0.1) is 15.3 Å². The number of anilines is 1. The lowest BCUT2D eigenvalue weighted by molar-refractivity contribution is 0.302. The highest BCUT2D eigenvalue weighted by atomic mass is 16.1. The van der Waals surface area contributed by atoms with Crippen molar-refractivity contribution in [2.24, 2.45) is 0 Å². The first kappa shape index (κ1) is 18.5. The number of nitrogens with one attached hydrogen (secondary N) is 1. The van der Waals surface area contributed by atoms with E-state index < -0.39 is 0 Å². The average molecular weight is 404 g/mol. The van der Waals surface area contributed by atoms with Crippen LogP contribution in [0.15, 0.2) is 47.4 Å².